The molecular weight excluding hydrogens is 455 g/mol. The number of rotatable bonds is 8. The number of ether oxygens (including phenoxy) is 1. The lowest BCUT2D eigenvalue weighted by molar-refractivity contribution is 0.340. The first-order chi connectivity index (χ1) is 12.5. The number of benzene rings is 1. The maximum absolute atomic E-state index is 5.50. The van der Waals surface area contributed by atoms with Crippen LogP contribution in [0.1, 0.15) is 36.4 Å². The molecule has 0 spiro atoms. The summed E-state index contributed by atoms with van der Waals surface area (Å²) in [4.78, 5) is 6.88. The monoisotopic (exact) mass is 486 g/mol. The molecular formula is C20H31IN4O2. The molecule has 150 valence electrons. The second-order valence-electron chi connectivity index (χ2n) is 6.22. The molecule has 0 amide bonds. The van der Waals surface area contributed by atoms with Gasteiger partial charge in [0.05, 0.1) is 12.3 Å². The maximum Gasteiger partial charge on any atom is 0.193 e. The van der Waals surface area contributed by atoms with E-state index in [1.807, 2.05) is 40.0 Å². The molecule has 0 aliphatic heterocycles. The number of halogens is 1. The largest absolute Gasteiger partial charge is 0.494 e. The highest BCUT2D eigenvalue weighted by Crippen LogP contribution is 2.14. The second-order valence-corrected chi connectivity index (χ2v) is 6.22. The Morgan fingerprint density at radius 3 is 2.48 bits per heavy atom. The van der Waals surface area contributed by atoms with E-state index in [1.165, 1.54) is 5.56 Å². The van der Waals surface area contributed by atoms with Gasteiger partial charge in [0, 0.05) is 32.2 Å². The minimum atomic E-state index is 0. The van der Waals surface area contributed by atoms with Gasteiger partial charge in [0.25, 0.3) is 0 Å². The van der Waals surface area contributed by atoms with E-state index >= 15 is 0 Å². The molecule has 0 unspecified atom stereocenters. The fourth-order valence-corrected chi connectivity index (χ4v) is 2.81. The van der Waals surface area contributed by atoms with Crippen LogP contribution in [0, 0.1) is 13.8 Å². The number of guanidine groups is 1. The van der Waals surface area contributed by atoms with Crippen LogP contribution in [-0.2, 0) is 13.0 Å². The molecule has 27 heavy (non-hydrogen) atoms. The molecule has 2 aromatic rings. The van der Waals surface area contributed by atoms with Gasteiger partial charge in [-0.15, -0.1) is 24.0 Å². The van der Waals surface area contributed by atoms with Crippen LogP contribution in [0.25, 0.3) is 0 Å². The van der Waals surface area contributed by atoms with E-state index in [0.29, 0.717) is 13.2 Å². The number of aromatic nitrogens is 1. The Morgan fingerprint density at radius 1 is 1.22 bits per heavy atom. The van der Waals surface area contributed by atoms with Crippen molar-refractivity contribution in [2.75, 3.05) is 26.7 Å². The molecule has 0 aliphatic rings. The van der Waals surface area contributed by atoms with Crippen LogP contribution in [0.4, 0.5) is 0 Å². The molecule has 0 saturated carbocycles. The van der Waals surface area contributed by atoms with Crippen molar-refractivity contribution < 1.29 is 9.26 Å². The summed E-state index contributed by atoms with van der Waals surface area (Å²) >= 11 is 0. The highest BCUT2D eigenvalue weighted by atomic mass is 127. The lowest BCUT2D eigenvalue weighted by Gasteiger charge is -2.22. The third kappa shape index (κ3) is 7.04. The molecule has 7 heteroatoms. The fraction of sp³-hybridized carbons (Fsp3) is 0.500. The average Bonchev–Trinajstić information content (AvgIpc) is 2.94. The van der Waals surface area contributed by atoms with Crippen molar-refractivity contribution in [2.24, 2.45) is 4.99 Å². The Hall–Kier alpha value is -1.77. The fourth-order valence-electron chi connectivity index (χ4n) is 2.81. The van der Waals surface area contributed by atoms with E-state index in [1.54, 1.807) is 0 Å². The third-order valence-corrected chi connectivity index (χ3v) is 4.16. The van der Waals surface area contributed by atoms with Gasteiger partial charge in [0.1, 0.15) is 11.5 Å². The molecule has 0 radical (unpaired) electrons. The number of aliphatic imine (C=N–C) groups is 1. The highest BCUT2D eigenvalue weighted by Gasteiger charge is 2.10. The van der Waals surface area contributed by atoms with Crippen LogP contribution in [0.5, 0.6) is 5.75 Å². The van der Waals surface area contributed by atoms with Crippen molar-refractivity contribution in [3.8, 4) is 5.75 Å². The number of aryl methyl sites for hydroxylation is 2. The summed E-state index contributed by atoms with van der Waals surface area (Å²) in [6, 6.07) is 8.20. The molecule has 1 heterocycles. The smallest absolute Gasteiger partial charge is 0.193 e. The molecule has 0 aliphatic carbocycles. The Morgan fingerprint density at radius 2 is 1.93 bits per heavy atom. The lowest BCUT2D eigenvalue weighted by atomic mass is 10.1. The van der Waals surface area contributed by atoms with Gasteiger partial charge in [-0.05, 0) is 51.8 Å². The van der Waals surface area contributed by atoms with Crippen LogP contribution in [0.3, 0.4) is 0 Å². The van der Waals surface area contributed by atoms with Crippen LogP contribution in [0.2, 0.25) is 0 Å². The minimum absolute atomic E-state index is 0. The van der Waals surface area contributed by atoms with E-state index in [2.05, 4.69) is 34.4 Å². The molecule has 0 saturated heterocycles. The van der Waals surface area contributed by atoms with Gasteiger partial charge in [-0.3, -0.25) is 4.99 Å². The molecule has 1 N–H and O–H groups in total. The zero-order valence-corrected chi connectivity index (χ0v) is 19.2. The summed E-state index contributed by atoms with van der Waals surface area (Å²) in [5.41, 5.74) is 3.32. The van der Waals surface area contributed by atoms with Crippen molar-refractivity contribution >= 4 is 29.9 Å². The molecule has 0 bridgehead atoms. The van der Waals surface area contributed by atoms with Gasteiger partial charge in [-0.2, -0.15) is 0 Å². The van der Waals surface area contributed by atoms with Crippen LogP contribution in [0.15, 0.2) is 33.8 Å². The zero-order valence-electron chi connectivity index (χ0n) is 16.9. The lowest BCUT2D eigenvalue weighted by Crippen LogP contribution is -2.38. The van der Waals surface area contributed by atoms with E-state index in [4.69, 9.17) is 14.3 Å². The molecule has 0 atom stereocenters. The van der Waals surface area contributed by atoms with Crippen molar-refractivity contribution in [2.45, 2.75) is 40.7 Å². The first-order valence-electron chi connectivity index (χ1n) is 9.18. The van der Waals surface area contributed by atoms with Gasteiger partial charge in [0.2, 0.25) is 0 Å². The summed E-state index contributed by atoms with van der Waals surface area (Å²) < 4.78 is 10.7. The molecule has 1 aromatic carbocycles. The average molecular weight is 486 g/mol. The topological polar surface area (TPSA) is 62.9 Å². The summed E-state index contributed by atoms with van der Waals surface area (Å²) in [7, 11) is 2.05. The van der Waals surface area contributed by atoms with E-state index in [9.17, 15) is 0 Å². The summed E-state index contributed by atoms with van der Waals surface area (Å²) in [6.07, 6.45) is 0.826. The standard InChI is InChI=1S/C20H30N4O2.HI/c1-6-21-20(22-13-12-19-15(3)23-26-16(19)4)24(5)14-17-8-10-18(11-9-17)25-7-2;/h8-11H,6-7,12-14H2,1-5H3,(H,21,22);1H. The van der Waals surface area contributed by atoms with Crippen molar-refractivity contribution in [1.82, 2.24) is 15.4 Å². The van der Waals surface area contributed by atoms with Crippen LogP contribution >= 0.6 is 24.0 Å². The van der Waals surface area contributed by atoms with E-state index < -0.39 is 0 Å². The first-order valence-corrected chi connectivity index (χ1v) is 9.18. The number of hydrogen-bond donors (Lipinski definition) is 1. The minimum Gasteiger partial charge on any atom is -0.494 e. The van der Waals surface area contributed by atoms with Crippen LogP contribution < -0.4 is 10.1 Å². The van der Waals surface area contributed by atoms with Gasteiger partial charge >= 0.3 is 0 Å². The summed E-state index contributed by atoms with van der Waals surface area (Å²) in [5, 5.41) is 7.36. The molecule has 0 fully saturated rings. The SMILES string of the molecule is CCNC(=NCCc1c(C)noc1C)N(C)Cc1ccc(OCC)cc1.I. The van der Waals surface area contributed by atoms with Gasteiger partial charge < -0.3 is 19.5 Å². The summed E-state index contributed by atoms with van der Waals surface area (Å²) in [5.74, 6) is 2.68. The quantitative estimate of drug-likeness (QED) is 0.348. The zero-order chi connectivity index (χ0) is 18.9. The van der Waals surface area contributed by atoms with Gasteiger partial charge in [0.15, 0.2) is 5.96 Å². The number of nitrogens with zero attached hydrogens (tertiary/aromatic N) is 3. The molecule has 2 rings (SSSR count). The van der Waals surface area contributed by atoms with Crippen molar-refractivity contribution in [3.63, 3.8) is 0 Å². The van der Waals surface area contributed by atoms with E-state index in [0.717, 1.165) is 48.2 Å². The highest BCUT2D eigenvalue weighted by molar-refractivity contribution is 14.0. The normalized spacial score (nSPS) is 11.1. The Bertz CT molecular complexity index is 694. The van der Waals surface area contributed by atoms with Gasteiger partial charge in [-0.1, -0.05) is 17.3 Å². The Kier molecular flexibility index (Phi) is 10.2. The maximum atomic E-state index is 5.50. The Balaban J connectivity index is 0.00000364. The number of nitrogens with one attached hydrogen (secondary N) is 1. The summed E-state index contributed by atoms with van der Waals surface area (Å²) in [6.45, 7) is 11.0. The van der Waals surface area contributed by atoms with E-state index in [-0.39, 0.29) is 24.0 Å². The van der Waals surface area contributed by atoms with Crippen molar-refractivity contribution in [1.29, 1.82) is 0 Å². The van der Waals surface area contributed by atoms with Crippen molar-refractivity contribution in [3.05, 3.63) is 46.8 Å². The molecule has 1 aromatic heterocycles. The first kappa shape index (κ1) is 23.3. The predicted molar refractivity (Wildman–Crippen MR) is 120 cm³/mol. The second kappa shape index (κ2) is 11.8. The van der Waals surface area contributed by atoms with Crippen LogP contribution in [-0.4, -0.2) is 42.8 Å². The molecule has 6 nitrogen and oxygen atoms in total. The Labute approximate surface area is 179 Å². The predicted octanol–water partition coefficient (Wildman–Crippen LogP) is 3.95. The number of hydrogen-bond acceptors (Lipinski definition) is 4. The van der Waals surface area contributed by atoms with Gasteiger partial charge in [-0.25, -0.2) is 0 Å². The third-order valence-electron chi connectivity index (χ3n) is 4.16.